The van der Waals surface area contributed by atoms with Crippen molar-refractivity contribution in [1.82, 2.24) is 5.32 Å². The van der Waals surface area contributed by atoms with Gasteiger partial charge in [0, 0.05) is 12.1 Å². The fraction of sp³-hybridized carbons (Fsp3) is 1.00. The summed E-state index contributed by atoms with van der Waals surface area (Å²) in [6.07, 6.45) is 13.1. The fourth-order valence-electron chi connectivity index (χ4n) is 3.37. The first kappa shape index (κ1) is 12.4. The molecule has 1 N–H and O–H groups in total. The summed E-state index contributed by atoms with van der Waals surface area (Å²) in [6.45, 7) is 4.77. The molecule has 0 bridgehead atoms. The quantitative estimate of drug-likeness (QED) is 0.691. The molecular formula is C15H29N. The van der Waals surface area contributed by atoms with Crippen molar-refractivity contribution in [3.05, 3.63) is 0 Å². The van der Waals surface area contributed by atoms with E-state index in [4.69, 9.17) is 0 Å². The minimum atomic E-state index is 0.753. The van der Waals surface area contributed by atoms with E-state index in [1.807, 2.05) is 0 Å². The van der Waals surface area contributed by atoms with Gasteiger partial charge in [-0.2, -0.15) is 0 Å². The van der Waals surface area contributed by atoms with E-state index in [-0.39, 0.29) is 0 Å². The smallest absolute Gasteiger partial charge is 0.00952 e. The lowest BCUT2D eigenvalue weighted by Gasteiger charge is -2.28. The van der Waals surface area contributed by atoms with Crippen LogP contribution in [0.4, 0.5) is 0 Å². The molecule has 2 aliphatic carbocycles. The third-order valence-electron chi connectivity index (χ3n) is 4.71. The summed E-state index contributed by atoms with van der Waals surface area (Å²) >= 11 is 0. The Kier molecular flexibility index (Phi) is 4.69. The molecule has 16 heavy (non-hydrogen) atoms. The molecule has 0 aromatic heterocycles. The van der Waals surface area contributed by atoms with Crippen molar-refractivity contribution in [2.45, 2.75) is 83.7 Å². The van der Waals surface area contributed by atoms with Gasteiger partial charge in [-0.05, 0) is 50.9 Å². The molecule has 0 aromatic carbocycles. The Hall–Kier alpha value is -0.0400. The summed E-state index contributed by atoms with van der Waals surface area (Å²) in [5.74, 6) is 1.97. The monoisotopic (exact) mass is 223 g/mol. The first-order valence-corrected chi connectivity index (χ1v) is 7.57. The van der Waals surface area contributed by atoms with Crippen molar-refractivity contribution in [3.63, 3.8) is 0 Å². The van der Waals surface area contributed by atoms with Crippen LogP contribution in [-0.4, -0.2) is 12.1 Å². The van der Waals surface area contributed by atoms with Crippen molar-refractivity contribution in [1.29, 1.82) is 0 Å². The van der Waals surface area contributed by atoms with Crippen LogP contribution >= 0.6 is 0 Å². The largest absolute Gasteiger partial charge is 0.311 e. The van der Waals surface area contributed by atoms with Gasteiger partial charge in [0.2, 0.25) is 0 Å². The van der Waals surface area contributed by atoms with Crippen LogP contribution in [0.1, 0.15) is 71.6 Å². The van der Waals surface area contributed by atoms with Crippen molar-refractivity contribution >= 4 is 0 Å². The van der Waals surface area contributed by atoms with E-state index in [2.05, 4.69) is 19.2 Å². The average molecular weight is 223 g/mol. The van der Waals surface area contributed by atoms with Gasteiger partial charge in [0.15, 0.2) is 0 Å². The standard InChI is InChI=1S/C15H29N/c1-3-15(14-10-11-14)16-12(2)13-8-6-4-5-7-9-13/h12-16H,3-11H2,1-2H3/t12-,15?/m1/s1. The number of hydrogen-bond donors (Lipinski definition) is 1. The normalized spacial score (nSPS) is 27.4. The van der Waals surface area contributed by atoms with Gasteiger partial charge >= 0.3 is 0 Å². The molecule has 0 heterocycles. The third-order valence-corrected chi connectivity index (χ3v) is 4.71. The van der Waals surface area contributed by atoms with Crippen LogP contribution in [0.3, 0.4) is 0 Å². The van der Waals surface area contributed by atoms with E-state index >= 15 is 0 Å². The van der Waals surface area contributed by atoms with Crippen LogP contribution in [-0.2, 0) is 0 Å². The van der Waals surface area contributed by atoms with Gasteiger partial charge in [0.25, 0.3) is 0 Å². The predicted octanol–water partition coefficient (Wildman–Crippen LogP) is 4.12. The Morgan fingerprint density at radius 2 is 1.56 bits per heavy atom. The summed E-state index contributed by atoms with van der Waals surface area (Å²) in [5, 5.41) is 3.93. The van der Waals surface area contributed by atoms with Crippen molar-refractivity contribution in [2.75, 3.05) is 0 Å². The zero-order chi connectivity index (χ0) is 11.4. The molecule has 2 rings (SSSR count). The first-order valence-electron chi connectivity index (χ1n) is 7.57. The van der Waals surface area contributed by atoms with Gasteiger partial charge in [-0.25, -0.2) is 0 Å². The number of nitrogens with one attached hydrogen (secondary N) is 1. The van der Waals surface area contributed by atoms with E-state index in [0.29, 0.717) is 0 Å². The molecule has 2 atom stereocenters. The molecule has 2 fully saturated rings. The van der Waals surface area contributed by atoms with Crippen LogP contribution in [0.25, 0.3) is 0 Å². The maximum atomic E-state index is 3.93. The van der Waals surface area contributed by atoms with Crippen LogP contribution < -0.4 is 5.32 Å². The SMILES string of the molecule is CCC(N[C@H](C)C1CCCCCC1)C1CC1. The van der Waals surface area contributed by atoms with Gasteiger partial charge in [-0.1, -0.05) is 32.6 Å². The lowest BCUT2D eigenvalue weighted by Crippen LogP contribution is -2.41. The molecule has 2 aliphatic rings. The molecule has 0 radical (unpaired) electrons. The van der Waals surface area contributed by atoms with E-state index in [1.54, 1.807) is 0 Å². The van der Waals surface area contributed by atoms with Gasteiger partial charge in [0.1, 0.15) is 0 Å². The molecular weight excluding hydrogens is 194 g/mol. The predicted molar refractivity (Wildman–Crippen MR) is 70.6 cm³/mol. The molecule has 2 saturated carbocycles. The third kappa shape index (κ3) is 3.48. The molecule has 1 heteroatoms. The highest BCUT2D eigenvalue weighted by Crippen LogP contribution is 2.35. The number of hydrogen-bond acceptors (Lipinski definition) is 1. The fourth-order valence-corrected chi connectivity index (χ4v) is 3.37. The Balaban J connectivity index is 1.77. The Morgan fingerprint density at radius 1 is 0.938 bits per heavy atom. The zero-order valence-corrected chi connectivity index (χ0v) is 11.2. The Labute approximate surface area is 101 Å². The van der Waals surface area contributed by atoms with Gasteiger partial charge in [-0.15, -0.1) is 0 Å². The molecule has 0 aromatic rings. The van der Waals surface area contributed by atoms with Gasteiger partial charge < -0.3 is 5.32 Å². The van der Waals surface area contributed by atoms with Crippen molar-refractivity contribution < 1.29 is 0 Å². The maximum Gasteiger partial charge on any atom is 0.00952 e. The minimum absolute atomic E-state index is 0.753. The first-order chi connectivity index (χ1) is 7.81. The molecule has 94 valence electrons. The summed E-state index contributed by atoms with van der Waals surface area (Å²) in [5.41, 5.74) is 0. The van der Waals surface area contributed by atoms with Crippen LogP contribution in [0.2, 0.25) is 0 Å². The second-order valence-electron chi connectivity index (χ2n) is 6.06. The lowest BCUT2D eigenvalue weighted by molar-refractivity contribution is 0.292. The Bertz CT molecular complexity index is 190. The lowest BCUT2D eigenvalue weighted by atomic mass is 9.92. The van der Waals surface area contributed by atoms with Crippen LogP contribution in [0, 0.1) is 11.8 Å². The van der Waals surface area contributed by atoms with E-state index < -0.39 is 0 Å². The zero-order valence-electron chi connectivity index (χ0n) is 11.2. The second kappa shape index (κ2) is 6.05. The van der Waals surface area contributed by atoms with Crippen LogP contribution in [0.15, 0.2) is 0 Å². The highest BCUT2D eigenvalue weighted by molar-refractivity contribution is 4.88. The summed E-state index contributed by atoms with van der Waals surface area (Å²) in [4.78, 5) is 0. The summed E-state index contributed by atoms with van der Waals surface area (Å²) < 4.78 is 0. The topological polar surface area (TPSA) is 12.0 Å². The molecule has 1 unspecified atom stereocenters. The minimum Gasteiger partial charge on any atom is -0.311 e. The molecule has 1 nitrogen and oxygen atoms in total. The summed E-state index contributed by atoms with van der Waals surface area (Å²) in [6, 6.07) is 1.57. The highest BCUT2D eigenvalue weighted by atomic mass is 15.0. The van der Waals surface area contributed by atoms with Crippen molar-refractivity contribution in [2.24, 2.45) is 11.8 Å². The van der Waals surface area contributed by atoms with E-state index in [1.165, 1.54) is 57.8 Å². The summed E-state index contributed by atoms with van der Waals surface area (Å²) in [7, 11) is 0. The second-order valence-corrected chi connectivity index (χ2v) is 6.06. The molecule has 0 aliphatic heterocycles. The number of rotatable bonds is 5. The van der Waals surface area contributed by atoms with Crippen molar-refractivity contribution in [3.8, 4) is 0 Å². The molecule has 0 saturated heterocycles. The van der Waals surface area contributed by atoms with Gasteiger partial charge in [-0.3, -0.25) is 0 Å². The molecule has 0 amide bonds. The van der Waals surface area contributed by atoms with E-state index in [0.717, 1.165) is 23.9 Å². The maximum absolute atomic E-state index is 3.93. The Morgan fingerprint density at radius 3 is 2.06 bits per heavy atom. The average Bonchev–Trinajstić information content (AvgIpc) is 3.11. The van der Waals surface area contributed by atoms with Gasteiger partial charge in [0.05, 0.1) is 0 Å². The van der Waals surface area contributed by atoms with Crippen LogP contribution in [0.5, 0.6) is 0 Å². The molecule has 0 spiro atoms. The highest BCUT2D eigenvalue weighted by Gasteiger charge is 2.31. The van der Waals surface area contributed by atoms with E-state index in [9.17, 15) is 0 Å².